The molecule has 1 aliphatic rings. The molecule has 1 rings (SSSR count). The van der Waals surface area contributed by atoms with E-state index in [0.717, 1.165) is 5.54 Å². The minimum absolute atomic E-state index is 0.0180. The van der Waals surface area contributed by atoms with Crippen LogP contribution in [0.5, 0.6) is 0 Å². The molecule has 0 aliphatic carbocycles. The Morgan fingerprint density at radius 3 is 2.47 bits per heavy atom. The van der Waals surface area contributed by atoms with E-state index in [1.807, 2.05) is 0 Å². The van der Waals surface area contributed by atoms with Crippen LogP contribution >= 0.6 is 11.6 Å². The molecule has 6 nitrogen and oxygen atoms in total. The minimum Gasteiger partial charge on any atom is -0.469 e. The second-order valence-corrected chi connectivity index (χ2v) is 3.29. The number of carbonyl (C=O) groups excluding carboxylic acids is 3. The van der Waals surface area contributed by atoms with Crippen molar-refractivity contribution in [1.82, 2.24) is 5.32 Å². The lowest BCUT2D eigenvalue weighted by Gasteiger charge is -2.02. The van der Waals surface area contributed by atoms with E-state index in [9.17, 15) is 14.4 Å². The molecule has 0 unspecified atom stereocenters. The first-order valence-electron chi connectivity index (χ1n) is 4.55. The summed E-state index contributed by atoms with van der Waals surface area (Å²) in [6, 6.07) is 0. The first-order chi connectivity index (χ1) is 8.04. The lowest BCUT2D eigenvalue weighted by atomic mass is 10.1. The van der Waals surface area contributed by atoms with Crippen molar-refractivity contribution < 1.29 is 23.9 Å². The summed E-state index contributed by atoms with van der Waals surface area (Å²) in [6.45, 7) is 0. The first kappa shape index (κ1) is 13.2. The fraction of sp³-hybridized carbons (Fsp3) is 0.300. The van der Waals surface area contributed by atoms with Crippen LogP contribution in [0.1, 0.15) is 6.42 Å². The molecular formula is C10H10ClNO5. The van der Waals surface area contributed by atoms with Crippen molar-refractivity contribution in [3.8, 4) is 0 Å². The van der Waals surface area contributed by atoms with Crippen molar-refractivity contribution >= 4 is 29.4 Å². The van der Waals surface area contributed by atoms with E-state index in [1.54, 1.807) is 0 Å². The van der Waals surface area contributed by atoms with Crippen LogP contribution in [0.2, 0.25) is 0 Å². The summed E-state index contributed by atoms with van der Waals surface area (Å²) in [4.78, 5) is 34.2. The standard InChI is InChI=1S/C10H10ClNO5/c1-16-7(13)3-5-8(10(15)17-2)6(4-11)12-9(5)14/h4H,3H2,1-2H3,(H,12,14)/b6-4-. The number of hydrogen-bond donors (Lipinski definition) is 1. The molecular weight excluding hydrogens is 250 g/mol. The van der Waals surface area contributed by atoms with Crippen molar-refractivity contribution in [2.24, 2.45) is 0 Å². The molecule has 0 bridgehead atoms. The van der Waals surface area contributed by atoms with Crippen molar-refractivity contribution in [3.05, 3.63) is 22.4 Å². The van der Waals surface area contributed by atoms with E-state index < -0.39 is 17.8 Å². The quantitative estimate of drug-likeness (QED) is 0.734. The summed E-state index contributed by atoms with van der Waals surface area (Å²) in [7, 11) is 2.35. The number of hydrogen-bond acceptors (Lipinski definition) is 5. The second-order valence-electron chi connectivity index (χ2n) is 3.07. The van der Waals surface area contributed by atoms with Crippen molar-refractivity contribution in [1.29, 1.82) is 0 Å². The molecule has 0 aromatic heterocycles. The van der Waals surface area contributed by atoms with Gasteiger partial charge >= 0.3 is 11.9 Å². The van der Waals surface area contributed by atoms with E-state index in [4.69, 9.17) is 11.6 Å². The van der Waals surface area contributed by atoms with E-state index in [1.165, 1.54) is 14.2 Å². The van der Waals surface area contributed by atoms with Gasteiger partial charge in [0.25, 0.3) is 5.91 Å². The van der Waals surface area contributed by atoms with Gasteiger partial charge in [-0.2, -0.15) is 0 Å². The van der Waals surface area contributed by atoms with Crippen molar-refractivity contribution in [3.63, 3.8) is 0 Å². The minimum atomic E-state index is -0.742. The first-order valence-corrected chi connectivity index (χ1v) is 4.99. The Labute approximate surface area is 102 Å². The molecule has 1 N–H and O–H groups in total. The third-order valence-electron chi connectivity index (χ3n) is 2.14. The number of methoxy groups -OCH3 is 2. The van der Waals surface area contributed by atoms with Crippen LogP contribution in [0.25, 0.3) is 0 Å². The molecule has 1 heterocycles. The molecule has 0 radical (unpaired) electrons. The predicted octanol–water partition coefficient (Wildman–Crippen LogP) is 0.229. The van der Waals surface area contributed by atoms with Crippen molar-refractivity contribution in [2.45, 2.75) is 6.42 Å². The number of esters is 2. The SMILES string of the molecule is COC(=O)CC1=C(C(=O)OC)/C(=C/Cl)NC1=O. The monoisotopic (exact) mass is 259 g/mol. The molecule has 1 aliphatic heterocycles. The van der Waals surface area contributed by atoms with Gasteiger partial charge in [-0.1, -0.05) is 11.6 Å². The largest absolute Gasteiger partial charge is 0.469 e. The molecule has 0 atom stereocenters. The highest BCUT2D eigenvalue weighted by molar-refractivity contribution is 6.27. The number of nitrogens with one attached hydrogen (secondary N) is 1. The highest BCUT2D eigenvalue weighted by atomic mass is 35.5. The van der Waals surface area contributed by atoms with Gasteiger partial charge in [-0.3, -0.25) is 9.59 Å². The van der Waals surface area contributed by atoms with Gasteiger partial charge in [0.1, 0.15) is 0 Å². The predicted molar refractivity (Wildman–Crippen MR) is 57.8 cm³/mol. The number of rotatable bonds is 3. The van der Waals surface area contributed by atoms with E-state index in [-0.39, 0.29) is 23.3 Å². The smallest absolute Gasteiger partial charge is 0.340 e. The molecule has 92 valence electrons. The maximum absolute atomic E-state index is 11.5. The van der Waals surface area contributed by atoms with E-state index in [2.05, 4.69) is 14.8 Å². The molecule has 0 aromatic carbocycles. The highest BCUT2D eigenvalue weighted by Crippen LogP contribution is 2.25. The zero-order valence-electron chi connectivity index (χ0n) is 9.20. The lowest BCUT2D eigenvalue weighted by Crippen LogP contribution is -2.17. The van der Waals surface area contributed by atoms with Gasteiger partial charge in [0.05, 0.1) is 31.9 Å². The van der Waals surface area contributed by atoms with Crippen LogP contribution in [0.4, 0.5) is 0 Å². The molecule has 0 saturated heterocycles. The Morgan fingerprint density at radius 1 is 1.35 bits per heavy atom. The topological polar surface area (TPSA) is 81.7 Å². The Bertz CT molecular complexity index is 438. The van der Waals surface area contributed by atoms with E-state index >= 15 is 0 Å². The summed E-state index contributed by atoms with van der Waals surface area (Å²) in [6.07, 6.45) is -0.318. The summed E-state index contributed by atoms with van der Waals surface area (Å²) in [5.41, 5.74) is 1.09. The van der Waals surface area contributed by atoms with Gasteiger partial charge < -0.3 is 14.8 Å². The Balaban J connectivity index is 3.18. The molecule has 0 spiro atoms. The summed E-state index contributed by atoms with van der Waals surface area (Å²) >= 11 is 5.47. The van der Waals surface area contributed by atoms with Crippen LogP contribution in [0.3, 0.4) is 0 Å². The van der Waals surface area contributed by atoms with Gasteiger partial charge in [0.15, 0.2) is 0 Å². The fourth-order valence-electron chi connectivity index (χ4n) is 1.34. The zero-order valence-corrected chi connectivity index (χ0v) is 9.96. The second kappa shape index (κ2) is 5.49. The van der Waals surface area contributed by atoms with Crippen LogP contribution in [0, 0.1) is 0 Å². The molecule has 0 aromatic rings. The van der Waals surface area contributed by atoms with Crippen molar-refractivity contribution in [2.75, 3.05) is 14.2 Å². The molecule has 7 heteroatoms. The molecule has 17 heavy (non-hydrogen) atoms. The summed E-state index contributed by atoms with van der Waals surface area (Å²) in [5, 5.41) is 2.36. The van der Waals surface area contributed by atoms with Gasteiger partial charge in [-0.05, 0) is 0 Å². The average Bonchev–Trinajstić information content (AvgIpc) is 2.65. The maximum Gasteiger partial charge on any atom is 0.340 e. The van der Waals surface area contributed by atoms with Gasteiger partial charge in [0.2, 0.25) is 0 Å². The van der Waals surface area contributed by atoms with Crippen LogP contribution in [0.15, 0.2) is 22.4 Å². The van der Waals surface area contributed by atoms with Gasteiger partial charge in [-0.25, -0.2) is 4.79 Å². The Morgan fingerprint density at radius 2 is 2.00 bits per heavy atom. The normalized spacial score (nSPS) is 17.1. The zero-order chi connectivity index (χ0) is 13.0. The summed E-state index contributed by atoms with van der Waals surface area (Å²) in [5.74, 6) is -1.94. The average molecular weight is 260 g/mol. The van der Waals surface area contributed by atoms with Crippen LogP contribution in [-0.2, 0) is 23.9 Å². The molecule has 1 amide bonds. The number of halogens is 1. The lowest BCUT2D eigenvalue weighted by molar-refractivity contribution is -0.140. The summed E-state index contributed by atoms with van der Waals surface area (Å²) < 4.78 is 8.95. The molecule has 0 fully saturated rings. The number of amides is 1. The maximum atomic E-state index is 11.5. The fourth-order valence-corrected chi connectivity index (χ4v) is 1.50. The van der Waals surface area contributed by atoms with Crippen LogP contribution < -0.4 is 5.32 Å². The Kier molecular flexibility index (Phi) is 4.28. The highest BCUT2D eigenvalue weighted by Gasteiger charge is 2.33. The third-order valence-corrected chi connectivity index (χ3v) is 2.36. The number of ether oxygens (including phenoxy) is 2. The Hall–Kier alpha value is -1.82. The van der Waals surface area contributed by atoms with E-state index in [0.29, 0.717) is 0 Å². The number of carbonyl (C=O) groups is 3. The molecule has 0 saturated carbocycles. The van der Waals surface area contributed by atoms with Crippen LogP contribution in [-0.4, -0.2) is 32.1 Å². The third kappa shape index (κ3) is 2.65. The van der Waals surface area contributed by atoms with Gasteiger partial charge in [-0.15, -0.1) is 0 Å². The van der Waals surface area contributed by atoms with Gasteiger partial charge in [0, 0.05) is 11.1 Å².